The average Bonchev–Trinajstić information content (AvgIpc) is 3.00. The first-order valence-electron chi connectivity index (χ1n) is 16.3. The number of likely N-dealkylation sites (tertiary alicyclic amines) is 1. The first-order valence-corrected chi connectivity index (χ1v) is 16.3. The predicted octanol–water partition coefficient (Wildman–Crippen LogP) is 2.20. The van der Waals surface area contributed by atoms with E-state index in [1.165, 1.54) is 77.5 Å². The highest BCUT2D eigenvalue weighted by Gasteiger charge is 2.23. The number of rotatable bonds is 13. The fourth-order valence-corrected chi connectivity index (χ4v) is 6.79. The van der Waals surface area contributed by atoms with Crippen LogP contribution in [0.5, 0.6) is 0 Å². The number of aromatic nitrogens is 2. The van der Waals surface area contributed by atoms with Crippen molar-refractivity contribution in [2.75, 3.05) is 121 Å². The van der Waals surface area contributed by atoms with Crippen LogP contribution in [0.15, 0.2) is 6.07 Å². The summed E-state index contributed by atoms with van der Waals surface area (Å²) in [7, 11) is 0. The van der Waals surface area contributed by atoms with Crippen molar-refractivity contribution < 1.29 is 4.74 Å². The monoisotopic (exact) mass is 557 g/mol. The van der Waals surface area contributed by atoms with Crippen LogP contribution in [0.1, 0.15) is 51.4 Å². The molecule has 10 heteroatoms. The number of piperidine rings is 1. The van der Waals surface area contributed by atoms with E-state index in [0.29, 0.717) is 17.7 Å². The summed E-state index contributed by atoms with van der Waals surface area (Å²) in [5, 5.41) is 7.28. The van der Waals surface area contributed by atoms with E-state index in [1.54, 1.807) is 0 Å². The van der Waals surface area contributed by atoms with Gasteiger partial charge in [0.15, 0.2) is 0 Å². The molecule has 0 radical (unpaired) electrons. The molecule has 5 rings (SSSR count). The minimum atomic E-state index is 0.553. The van der Waals surface area contributed by atoms with Gasteiger partial charge in [0.2, 0.25) is 5.95 Å². The SMILES string of the molecule is Nc1cc(N2CCN(CCN3CCOCC3)CC2)nc(NC[C@H]2CC[C@H](CNCCCN3CCCCC3)CC2)n1. The van der Waals surface area contributed by atoms with E-state index in [-0.39, 0.29) is 0 Å². The Hall–Kier alpha value is -1.72. The molecule has 4 heterocycles. The molecule has 0 spiro atoms. The molecule has 4 aliphatic rings. The number of nitrogens with zero attached hydrogens (tertiary/aromatic N) is 6. The number of nitrogen functional groups attached to an aromatic ring is 1. The van der Waals surface area contributed by atoms with Gasteiger partial charge in [0.05, 0.1) is 13.2 Å². The van der Waals surface area contributed by atoms with Crippen molar-refractivity contribution in [3.8, 4) is 0 Å². The molecule has 226 valence electrons. The van der Waals surface area contributed by atoms with Crippen LogP contribution in [-0.2, 0) is 4.74 Å². The summed E-state index contributed by atoms with van der Waals surface area (Å²) in [6, 6.07) is 1.93. The molecular formula is C30H55N9O. The van der Waals surface area contributed by atoms with E-state index in [4.69, 9.17) is 15.5 Å². The molecule has 0 atom stereocenters. The molecule has 0 aromatic carbocycles. The van der Waals surface area contributed by atoms with E-state index in [0.717, 1.165) is 90.4 Å². The first-order chi connectivity index (χ1) is 19.7. The number of piperazine rings is 1. The van der Waals surface area contributed by atoms with Crippen molar-refractivity contribution in [3.05, 3.63) is 6.07 Å². The Morgan fingerprint density at radius 2 is 1.40 bits per heavy atom. The van der Waals surface area contributed by atoms with Crippen LogP contribution < -0.4 is 21.3 Å². The second-order valence-electron chi connectivity index (χ2n) is 12.5. The topological polar surface area (TPSA) is 98.0 Å². The maximum Gasteiger partial charge on any atom is 0.226 e. The number of anilines is 3. The van der Waals surface area contributed by atoms with Crippen molar-refractivity contribution in [1.29, 1.82) is 0 Å². The summed E-state index contributed by atoms with van der Waals surface area (Å²) in [6.45, 7) is 17.4. The maximum atomic E-state index is 6.21. The third kappa shape index (κ3) is 9.69. The Bertz CT molecular complexity index is 846. The summed E-state index contributed by atoms with van der Waals surface area (Å²) in [5.74, 6) is 3.71. The smallest absolute Gasteiger partial charge is 0.226 e. The van der Waals surface area contributed by atoms with Gasteiger partial charge in [0.25, 0.3) is 0 Å². The highest BCUT2D eigenvalue weighted by molar-refractivity contribution is 5.51. The highest BCUT2D eigenvalue weighted by Crippen LogP contribution is 2.29. The van der Waals surface area contributed by atoms with Gasteiger partial charge in [-0.15, -0.1) is 0 Å². The van der Waals surface area contributed by atoms with Crippen LogP contribution in [0.2, 0.25) is 0 Å². The van der Waals surface area contributed by atoms with E-state index >= 15 is 0 Å². The van der Waals surface area contributed by atoms with Crippen molar-refractivity contribution in [2.24, 2.45) is 11.8 Å². The number of nitrogens with one attached hydrogen (secondary N) is 2. The summed E-state index contributed by atoms with van der Waals surface area (Å²) in [6.07, 6.45) is 10.7. The number of morpholine rings is 1. The zero-order chi connectivity index (χ0) is 27.4. The maximum absolute atomic E-state index is 6.21. The summed E-state index contributed by atoms with van der Waals surface area (Å²) < 4.78 is 5.47. The molecule has 4 fully saturated rings. The fourth-order valence-electron chi connectivity index (χ4n) is 6.79. The molecule has 40 heavy (non-hydrogen) atoms. The lowest BCUT2D eigenvalue weighted by Gasteiger charge is -2.37. The Labute approximate surface area is 242 Å². The molecule has 1 saturated carbocycles. The van der Waals surface area contributed by atoms with E-state index in [9.17, 15) is 0 Å². The molecule has 0 unspecified atom stereocenters. The van der Waals surface area contributed by atoms with Crippen LogP contribution >= 0.6 is 0 Å². The van der Waals surface area contributed by atoms with Gasteiger partial charge in [0.1, 0.15) is 11.6 Å². The lowest BCUT2D eigenvalue weighted by Crippen LogP contribution is -2.49. The van der Waals surface area contributed by atoms with E-state index in [1.807, 2.05) is 6.07 Å². The molecule has 1 aliphatic carbocycles. The first kappa shape index (κ1) is 29.8. The quantitative estimate of drug-likeness (QED) is 0.313. The zero-order valence-electron chi connectivity index (χ0n) is 24.9. The molecular weight excluding hydrogens is 502 g/mol. The third-order valence-electron chi connectivity index (χ3n) is 9.49. The zero-order valence-corrected chi connectivity index (χ0v) is 24.9. The second-order valence-corrected chi connectivity index (χ2v) is 12.5. The van der Waals surface area contributed by atoms with E-state index in [2.05, 4.69) is 35.2 Å². The Morgan fingerprint density at radius 3 is 2.12 bits per heavy atom. The van der Waals surface area contributed by atoms with Crippen LogP contribution in [0.3, 0.4) is 0 Å². The normalized spacial score (nSPS) is 25.8. The molecule has 4 N–H and O–H groups in total. The standard InChI is InChI=1S/C30H55N9O/c31-28-23-29(39-17-15-37(16-18-39)13-14-38-19-21-40-22-20-38)35-30(34-28)33-25-27-7-5-26(6-8-27)24-32-9-4-12-36-10-2-1-3-11-36/h23,26-27,32H,1-22,24-25H2,(H3,31,33,34,35)/t26-,27-. The number of hydrogen-bond acceptors (Lipinski definition) is 10. The van der Waals surface area contributed by atoms with E-state index < -0.39 is 0 Å². The van der Waals surface area contributed by atoms with Gasteiger partial charge in [-0.1, -0.05) is 6.42 Å². The van der Waals surface area contributed by atoms with Crippen molar-refractivity contribution in [3.63, 3.8) is 0 Å². The predicted molar refractivity (Wildman–Crippen MR) is 164 cm³/mol. The van der Waals surface area contributed by atoms with Gasteiger partial charge in [-0.25, -0.2) is 0 Å². The van der Waals surface area contributed by atoms with Gasteiger partial charge in [-0.05, 0) is 89.5 Å². The van der Waals surface area contributed by atoms with Crippen molar-refractivity contribution >= 4 is 17.6 Å². The summed E-state index contributed by atoms with van der Waals surface area (Å²) in [5.41, 5.74) is 6.21. The average molecular weight is 558 g/mol. The minimum absolute atomic E-state index is 0.553. The Balaban J connectivity index is 0.956. The second kappa shape index (κ2) is 16.1. The number of hydrogen-bond donors (Lipinski definition) is 3. The van der Waals surface area contributed by atoms with Crippen LogP contribution in [0, 0.1) is 11.8 Å². The highest BCUT2D eigenvalue weighted by atomic mass is 16.5. The Morgan fingerprint density at radius 1 is 0.750 bits per heavy atom. The fraction of sp³-hybridized carbons (Fsp3) is 0.867. The number of nitrogens with two attached hydrogens (primary N) is 1. The summed E-state index contributed by atoms with van der Waals surface area (Å²) >= 11 is 0. The van der Waals surface area contributed by atoms with Crippen LogP contribution in [0.25, 0.3) is 0 Å². The van der Waals surface area contributed by atoms with Gasteiger partial charge < -0.3 is 30.9 Å². The molecule has 3 saturated heterocycles. The molecule has 1 aromatic rings. The van der Waals surface area contributed by atoms with Gasteiger partial charge in [-0.2, -0.15) is 9.97 Å². The van der Waals surface area contributed by atoms with Crippen molar-refractivity contribution in [2.45, 2.75) is 51.4 Å². The summed E-state index contributed by atoms with van der Waals surface area (Å²) in [4.78, 5) is 19.5. The lowest BCUT2D eigenvalue weighted by atomic mass is 9.82. The van der Waals surface area contributed by atoms with Crippen LogP contribution in [-0.4, -0.2) is 130 Å². The molecule has 0 amide bonds. The van der Waals surface area contributed by atoms with Gasteiger partial charge in [-0.3, -0.25) is 9.80 Å². The van der Waals surface area contributed by atoms with Gasteiger partial charge >= 0.3 is 0 Å². The van der Waals surface area contributed by atoms with Gasteiger partial charge in [0, 0.05) is 65.0 Å². The molecule has 3 aliphatic heterocycles. The lowest BCUT2D eigenvalue weighted by molar-refractivity contribution is 0.0331. The number of ether oxygens (including phenoxy) is 1. The largest absolute Gasteiger partial charge is 0.383 e. The molecule has 10 nitrogen and oxygen atoms in total. The van der Waals surface area contributed by atoms with Crippen molar-refractivity contribution in [1.82, 2.24) is 30.0 Å². The van der Waals surface area contributed by atoms with Crippen LogP contribution in [0.4, 0.5) is 17.6 Å². The minimum Gasteiger partial charge on any atom is -0.383 e. The third-order valence-corrected chi connectivity index (χ3v) is 9.49. The molecule has 1 aromatic heterocycles. The Kier molecular flexibility index (Phi) is 11.9. The molecule has 0 bridgehead atoms.